The molecule has 0 spiro atoms. The largest absolute Gasteiger partial charge is 0.455 e. The van der Waals surface area contributed by atoms with E-state index in [4.69, 9.17) is 4.74 Å². The molecule has 1 saturated heterocycles. The maximum atomic E-state index is 12.4. The number of nitrogens with zero attached hydrogens (tertiary/aromatic N) is 1. The van der Waals surface area contributed by atoms with Crippen molar-refractivity contribution in [1.82, 2.24) is 4.90 Å². The summed E-state index contributed by atoms with van der Waals surface area (Å²) in [6, 6.07) is 5.91. The number of halogens is 2. The summed E-state index contributed by atoms with van der Waals surface area (Å²) in [5.74, 6) is -2.13. The highest BCUT2D eigenvalue weighted by Crippen LogP contribution is 2.30. The zero-order valence-electron chi connectivity index (χ0n) is 15.2. The molecule has 1 aromatic rings. The standard InChI is InChI=1S/C19H22F2N2O5/c20-19(21)28-15-8-4-3-7-14(15)22-16(24)11-27-18(26)12-9-17(25)23(10-12)13-5-1-2-6-13/h3-4,7-8,12-13,19H,1-2,5-6,9-11H2,(H,22,24)/t12-/m1/s1. The van der Waals surface area contributed by atoms with E-state index in [0.29, 0.717) is 6.54 Å². The summed E-state index contributed by atoms with van der Waals surface area (Å²) in [6.07, 6.45) is 4.16. The molecule has 3 rings (SSSR count). The summed E-state index contributed by atoms with van der Waals surface area (Å²) in [5, 5.41) is 2.37. The van der Waals surface area contributed by atoms with E-state index in [1.54, 1.807) is 11.0 Å². The SMILES string of the molecule is O=C(COC(=O)[C@@H]1CC(=O)N(C2CCCC2)C1)Nc1ccccc1OC(F)F. The van der Waals surface area contributed by atoms with E-state index in [9.17, 15) is 23.2 Å². The first-order valence-electron chi connectivity index (χ1n) is 9.24. The van der Waals surface area contributed by atoms with E-state index in [1.807, 2.05) is 0 Å². The van der Waals surface area contributed by atoms with Crippen molar-refractivity contribution in [2.24, 2.45) is 5.92 Å². The molecule has 1 aromatic carbocycles. The predicted octanol–water partition coefficient (Wildman–Crippen LogP) is 2.56. The van der Waals surface area contributed by atoms with Crippen molar-refractivity contribution in [3.05, 3.63) is 24.3 Å². The number of carbonyl (C=O) groups is 3. The van der Waals surface area contributed by atoms with Gasteiger partial charge in [0, 0.05) is 19.0 Å². The van der Waals surface area contributed by atoms with E-state index in [-0.39, 0.29) is 29.8 Å². The van der Waals surface area contributed by atoms with Crippen LogP contribution in [0, 0.1) is 5.92 Å². The van der Waals surface area contributed by atoms with Crippen molar-refractivity contribution in [2.75, 3.05) is 18.5 Å². The minimum absolute atomic E-state index is 0.0484. The Bertz CT molecular complexity index is 737. The summed E-state index contributed by atoms with van der Waals surface area (Å²) in [4.78, 5) is 38.1. The van der Waals surface area contributed by atoms with E-state index >= 15 is 0 Å². The van der Waals surface area contributed by atoms with Gasteiger partial charge in [-0.3, -0.25) is 14.4 Å². The Morgan fingerprint density at radius 3 is 2.64 bits per heavy atom. The van der Waals surface area contributed by atoms with Gasteiger partial charge in [0.1, 0.15) is 5.75 Å². The van der Waals surface area contributed by atoms with E-state index in [2.05, 4.69) is 10.1 Å². The van der Waals surface area contributed by atoms with Gasteiger partial charge in [0.25, 0.3) is 5.91 Å². The van der Waals surface area contributed by atoms with E-state index < -0.39 is 31.0 Å². The molecule has 0 bridgehead atoms. The molecule has 1 atom stereocenters. The third-order valence-corrected chi connectivity index (χ3v) is 4.98. The smallest absolute Gasteiger partial charge is 0.387 e. The molecule has 1 aliphatic heterocycles. The molecule has 0 unspecified atom stereocenters. The number of alkyl halides is 2. The van der Waals surface area contributed by atoms with Crippen LogP contribution in [0.2, 0.25) is 0 Å². The second-order valence-corrected chi connectivity index (χ2v) is 6.92. The summed E-state index contributed by atoms with van der Waals surface area (Å²) < 4.78 is 34.2. The number of nitrogens with one attached hydrogen (secondary N) is 1. The van der Waals surface area contributed by atoms with Crippen LogP contribution in [0.5, 0.6) is 5.75 Å². The summed E-state index contributed by atoms with van der Waals surface area (Å²) in [5.41, 5.74) is 0.0484. The Kier molecular flexibility index (Phi) is 6.43. The van der Waals surface area contributed by atoms with Crippen molar-refractivity contribution in [3.8, 4) is 5.75 Å². The number of rotatable bonds is 7. The minimum Gasteiger partial charge on any atom is -0.455 e. The molecule has 2 amide bonds. The second-order valence-electron chi connectivity index (χ2n) is 6.92. The third kappa shape index (κ3) is 4.96. The average Bonchev–Trinajstić information content (AvgIpc) is 3.30. The number of likely N-dealkylation sites (tertiary alicyclic amines) is 1. The maximum Gasteiger partial charge on any atom is 0.387 e. The van der Waals surface area contributed by atoms with Gasteiger partial charge in [-0.15, -0.1) is 0 Å². The first kappa shape index (κ1) is 20.0. The number of hydrogen-bond donors (Lipinski definition) is 1. The normalized spacial score (nSPS) is 19.9. The summed E-state index contributed by atoms with van der Waals surface area (Å²) in [6.45, 7) is -3.29. The third-order valence-electron chi connectivity index (χ3n) is 4.98. The van der Waals surface area contributed by atoms with Crippen LogP contribution in [0.1, 0.15) is 32.1 Å². The Morgan fingerprint density at radius 2 is 1.93 bits per heavy atom. The lowest BCUT2D eigenvalue weighted by Crippen LogP contribution is -2.35. The topological polar surface area (TPSA) is 84.9 Å². The van der Waals surface area contributed by atoms with Crippen LogP contribution in [0.15, 0.2) is 24.3 Å². The average molecular weight is 396 g/mol. The van der Waals surface area contributed by atoms with Crippen LogP contribution in [0.25, 0.3) is 0 Å². The molecule has 2 aliphatic rings. The van der Waals surface area contributed by atoms with Crippen molar-refractivity contribution in [1.29, 1.82) is 0 Å². The quantitative estimate of drug-likeness (QED) is 0.716. The molecule has 152 valence electrons. The number of ether oxygens (including phenoxy) is 2. The van der Waals surface area contributed by atoms with Gasteiger partial charge in [0.2, 0.25) is 5.91 Å². The number of carbonyl (C=O) groups excluding carboxylic acids is 3. The zero-order valence-corrected chi connectivity index (χ0v) is 15.2. The van der Waals surface area contributed by atoms with Crippen molar-refractivity contribution in [3.63, 3.8) is 0 Å². The van der Waals surface area contributed by atoms with E-state index in [1.165, 1.54) is 18.2 Å². The highest BCUT2D eigenvalue weighted by Gasteiger charge is 2.39. The Hall–Kier alpha value is -2.71. The van der Waals surface area contributed by atoms with Gasteiger partial charge in [-0.25, -0.2) is 0 Å². The molecule has 7 nitrogen and oxygen atoms in total. The van der Waals surface area contributed by atoms with E-state index in [0.717, 1.165) is 25.7 Å². The van der Waals surface area contributed by atoms with Crippen LogP contribution in [-0.4, -0.2) is 48.5 Å². The van der Waals surface area contributed by atoms with Crippen LogP contribution < -0.4 is 10.1 Å². The Labute approximate surface area is 161 Å². The van der Waals surface area contributed by atoms with Gasteiger partial charge in [-0.2, -0.15) is 8.78 Å². The number of esters is 1. The summed E-state index contributed by atoms with van der Waals surface area (Å²) in [7, 11) is 0. The highest BCUT2D eigenvalue weighted by molar-refractivity contribution is 5.94. The van der Waals surface area contributed by atoms with Crippen LogP contribution >= 0.6 is 0 Å². The first-order chi connectivity index (χ1) is 13.4. The molecule has 0 aromatic heterocycles. The fourth-order valence-electron chi connectivity index (χ4n) is 3.67. The molecule has 2 fully saturated rings. The predicted molar refractivity (Wildman–Crippen MR) is 94.7 cm³/mol. The second kappa shape index (κ2) is 8.99. The number of para-hydroxylation sites is 2. The van der Waals surface area contributed by atoms with Crippen LogP contribution in [0.3, 0.4) is 0 Å². The van der Waals surface area contributed by atoms with Gasteiger partial charge >= 0.3 is 12.6 Å². The van der Waals surface area contributed by atoms with Crippen LogP contribution in [-0.2, 0) is 19.1 Å². The van der Waals surface area contributed by atoms with Gasteiger partial charge in [-0.1, -0.05) is 25.0 Å². The van der Waals surface area contributed by atoms with Crippen molar-refractivity contribution < 1.29 is 32.6 Å². The fraction of sp³-hybridized carbons (Fsp3) is 0.526. The number of amides is 2. The van der Waals surface area contributed by atoms with Gasteiger partial charge in [0.05, 0.1) is 11.6 Å². The monoisotopic (exact) mass is 396 g/mol. The van der Waals surface area contributed by atoms with Crippen LogP contribution in [0.4, 0.5) is 14.5 Å². The molecule has 9 heteroatoms. The Balaban J connectivity index is 1.48. The molecular weight excluding hydrogens is 374 g/mol. The molecule has 1 heterocycles. The molecular formula is C19H22F2N2O5. The number of anilines is 1. The highest BCUT2D eigenvalue weighted by atomic mass is 19.3. The molecule has 0 radical (unpaired) electrons. The number of hydrogen-bond acceptors (Lipinski definition) is 5. The summed E-state index contributed by atoms with van der Waals surface area (Å²) >= 11 is 0. The lowest BCUT2D eigenvalue weighted by atomic mass is 10.1. The zero-order chi connectivity index (χ0) is 20.1. The minimum atomic E-state index is -3.03. The lowest BCUT2D eigenvalue weighted by molar-refractivity contribution is -0.151. The van der Waals surface area contributed by atoms with Gasteiger partial charge in [0.15, 0.2) is 6.61 Å². The molecule has 1 N–H and O–H groups in total. The van der Waals surface area contributed by atoms with Crippen molar-refractivity contribution in [2.45, 2.75) is 44.8 Å². The lowest BCUT2D eigenvalue weighted by Gasteiger charge is -2.23. The Morgan fingerprint density at radius 1 is 1.21 bits per heavy atom. The first-order valence-corrected chi connectivity index (χ1v) is 9.24. The maximum absolute atomic E-state index is 12.4. The van der Waals surface area contributed by atoms with Gasteiger partial charge < -0.3 is 19.7 Å². The molecule has 28 heavy (non-hydrogen) atoms. The van der Waals surface area contributed by atoms with Crippen molar-refractivity contribution >= 4 is 23.5 Å². The molecule has 1 saturated carbocycles. The molecule has 1 aliphatic carbocycles. The number of benzene rings is 1. The fourth-order valence-corrected chi connectivity index (χ4v) is 3.67. The van der Waals surface area contributed by atoms with Gasteiger partial charge in [-0.05, 0) is 25.0 Å².